The third kappa shape index (κ3) is 3.31. The van der Waals surface area contributed by atoms with Crippen LogP contribution in [0.1, 0.15) is 25.0 Å². The molecule has 0 amide bonds. The molecule has 0 spiro atoms. The highest BCUT2D eigenvalue weighted by molar-refractivity contribution is 6.35. The molecule has 0 aliphatic carbocycles. The average molecular weight is 329 g/mol. The van der Waals surface area contributed by atoms with Gasteiger partial charge in [0, 0.05) is 10.6 Å². The van der Waals surface area contributed by atoms with Crippen LogP contribution in [0.4, 0.5) is 4.39 Å². The largest absolute Gasteiger partial charge is 0.494 e. The summed E-state index contributed by atoms with van der Waals surface area (Å²) >= 11 is 11.8. The lowest BCUT2D eigenvalue weighted by molar-refractivity contribution is 0.102. The van der Waals surface area contributed by atoms with Gasteiger partial charge in [-0.2, -0.15) is 0 Å². The van der Waals surface area contributed by atoms with E-state index in [4.69, 9.17) is 27.9 Å². The number of ether oxygens (including phenoxy) is 1. The molecule has 0 saturated heterocycles. The number of hydrogen-bond donors (Lipinski definition) is 1. The lowest BCUT2D eigenvalue weighted by Crippen LogP contribution is -2.23. The van der Waals surface area contributed by atoms with Gasteiger partial charge in [0.05, 0.1) is 11.6 Å². The second kappa shape index (κ2) is 6.22. The van der Waals surface area contributed by atoms with Gasteiger partial charge in [0.1, 0.15) is 17.2 Å². The van der Waals surface area contributed by atoms with Crippen molar-refractivity contribution in [1.82, 2.24) is 0 Å². The van der Waals surface area contributed by atoms with Crippen LogP contribution in [0.3, 0.4) is 0 Å². The molecule has 0 heterocycles. The Balaban J connectivity index is 2.43. The zero-order valence-electron chi connectivity index (χ0n) is 11.7. The molecule has 0 aliphatic heterocycles. The van der Waals surface area contributed by atoms with Crippen molar-refractivity contribution < 1.29 is 14.2 Å². The summed E-state index contributed by atoms with van der Waals surface area (Å²) < 4.78 is 19.0. The van der Waals surface area contributed by atoms with Gasteiger partial charge in [0.25, 0.3) is 0 Å². The van der Waals surface area contributed by atoms with E-state index in [-0.39, 0.29) is 15.6 Å². The van der Waals surface area contributed by atoms with Gasteiger partial charge in [-0.05, 0) is 43.7 Å². The molecule has 0 aliphatic rings. The van der Waals surface area contributed by atoms with E-state index in [9.17, 15) is 9.50 Å². The Bertz CT molecular complexity index is 639. The van der Waals surface area contributed by atoms with Gasteiger partial charge in [0.15, 0.2) is 0 Å². The SMILES string of the molecule is CCOc1ccc(C(C)(O)c2cc(F)c(Cl)cc2Cl)cc1. The number of hydrogen-bond acceptors (Lipinski definition) is 2. The maximum absolute atomic E-state index is 13.6. The van der Waals surface area contributed by atoms with Gasteiger partial charge in [-0.25, -0.2) is 4.39 Å². The number of rotatable bonds is 4. The van der Waals surface area contributed by atoms with E-state index in [1.807, 2.05) is 6.92 Å². The summed E-state index contributed by atoms with van der Waals surface area (Å²) in [5, 5.41) is 10.9. The molecule has 1 N–H and O–H groups in total. The summed E-state index contributed by atoms with van der Waals surface area (Å²) in [6.07, 6.45) is 0. The van der Waals surface area contributed by atoms with E-state index in [2.05, 4.69) is 0 Å². The number of benzene rings is 2. The quantitative estimate of drug-likeness (QED) is 0.818. The number of halogens is 3. The van der Waals surface area contributed by atoms with E-state index in [0.29, 0.717) is 17.9 Å². The summed E-state index contributed by atoms with van der Waals surface area (Å²) in [6.45, 7) is 4.00. The minimum Gasteiger partial charge on any atom is -0.494 e. The minimum absolute atomic E-state index is 0.0776. The normalized spacial score (nSPS) is 13.8. The Morgan fingerprint density at radius 3 is 2.33 bits per heavy atom. The maximum Gasteiger partial charge on any atom is 0.142 e. The van der Waals surface area contributed by atoms with E-state index in [1.165, 1.54) is 6.07 Å². The van der Waals surface area contributed by atoms with Gasteiger partial charge in [0.2, 0.25) is 0 Å². The molecule has 21 heavy (non-hydrogen) atoms. The van der Waals surface area contributed by atoms with Crippen molar-refractivity contribution in [3.8, 4) is 5.75 Å². The summed E-state index contributed by atoms with van der Waals surface area (Å²) in [5.41, 5.74) is -0.599. The fraction of sp³-hybridized carbons (Fsp3) is 0.250. The molecule has 2 aromatic carbocycles. The fourth-order valence-corrected chi connectivity index (χ4v) is 2.66. The zero-order valence-corrected chi connectivity index (χ0v) is 13.2. The molecule has 0 radical (unpaired) electrons. The van der Waals surface area contributed by atoms with Crippen molar-refractivity contribution in [2.24, 2.45) is 0 Å². The van der Waals surface area contributed by atoms with Gasteiger partial charge in [-0.3, -0.25) is 0 Å². The molecular weight excluding hydrogens is 314 g/mol. The number of aliphatic hydroxyl groups is 1. The summed E-state index contributed by atoms with van der Waals surface area (Å²) in [7, 11) is 0. The topological polar surface area (TPSA) is 29.5 Å². The Kier molecular flexibility index (Phi) is 4.77. The second-order valence-corrected chi connectivity index (χ2v) is 5.59. The van der Waals surface area contributed by atoms with Crippen molar-refractivity contribution >= 4 is 23.2 Å². The van der Waals surface area contributed by atoms with Crippen LogP contribution in [0.2, 0.25) is 10.0 Å². The molecule has 2 rings (SSSR count). The molecule has 2 nitrogen and oxygen atoms in total. The zero-order chi connectivity index (χ0) is 15.6. The van der Waals surface area contributed by atoms with Crippen LogP contribution in [0, 0.1) is 5.82 Å². The van der Waals surface area contributed by atoms with Crippen molar-refractivity contribution in [3.63, 3.8) is 0 Å². The van der Waals surface area contributed by atoms with Crippen LogP contribution in [0.5, 0.6) is 5.75 Å². The van der Waals surface area contributed by atoms with Crippen LogP contribution >= 0.6 is 23.2 Å². The Hall–Kier alpha value is -1.29. The Morgan fingerprint density at radius 2 is 1.76 bits per heavy atom. The third-order valence-electron chi connectivity index (χ3n) is 3.26. The summed E-state index contributed by atoms with van der Waals surface area (Å²) in [4.78, 5) is 0. The van der Waals surface area contributed by atoms with E-state index >= 15 is 0 Å². The monoisotopic (exact) mass is 328 g/mol. The minimum atomic E-state index is -1.44. The smallest absolute Gasteiger partial charge is 0.142 e. The predicted octanol–water partition coefficient (Wildman–Crippen LogP) is 4.79. The Labute approximate surface area is 133 Å². The molecule has 5 heteroatoms. The van der Waals surface area contributed by atoms with Crippen molar-refractivity contribution in [1.29, 1.82) is 0 Å². The highest BCUT2D eigenvalue weighted by Gasteiger charge is 2.29. The van der Waals surface area contributed by atoms with E-state index in [0.717, 1.165) is 6.07 Å². The van der Waals surface area contributed by atoms with Crippen molar-refractivity contribution in [3.05, 3.63) is 63.4 Å². The van der Waals surface area contributed by atoms with Crippen molar-refractivity contribution in [2.75, 3.05) is 6.61 Å². The van der Waals surface area contributed by atoms with Crippen LogP contribution < -0.4 is 4.74 Å². The maximum atomic E-state index is 13.6. The second-order valence-electron chi connectivity index (χ2n) is 4.78. The van der Waals surface area contributed by atoms with Crippen LogP contribution in [0.25, 0.3) is 0 Å². The molecular formula is C16H15Cl2FO2. The first-order valence-electron chi connectivity index (χ1n) is 6.47. The third-order valence-corrected chi connectivity index (χ3v) is 3.86. The summed E-state index contributed by atoms with van der Waals surface area (Å²) in [5.74, 6) is 0.0766. The highest BCUT2D eigenvalue weighted by atomic mass is 35.5. The van der Waals surface area contributed by atoms with Crippen LogP contribution in [-0.4, -0.2) is 11.7 Å². The molecule has 0 saturated carbocycles. The van der Waals surface area contributed by atoms with E-state index in [1.54, 1.807) is 31.2 Å². The predicted molar refractivity (Wildman–Crippen MR) is 82.7 cm³/mol. The molecule has 1 unspecified atom stereocenters. The van der Waals surface area contributed by atoms with E-state index < -0.39 is 11.4 Å². The molecule has 0 fully saturated rings. The van der Waals surface area contributed by atoms with Gasteiger partial charge in [-0.15, -0.1) is 0 Å². The molecule has 0 bridgehead atoms. The molecule has 1 atom stereocenters. The first kappa shape index (κ1) is 16.1. The Morgan fingerprint density at radius 1 is 1.14 bits per heavy atom. The van der Waals surface area contributed by atoms with Crippen LogP contribution in [0.15, 0.2) is 36.4 Å². The molecule has 112 valence electrons. The van der Waals surface area contributed by atoms with Gasteiger partial charge >= 0.3 is 0 Å². The first-order chi connectivity index (χ1) is 9.86. The lowest BCUT2D eigenvalue weighted by Gasteiger charge is -2.26. The van der Waals surface area contributed by atoms with Gasteiger partial charge in [-0.1, -0.05) is 35.3 Å². The average Bonchev–Trinajstić information content (AvgIpc) is 2.43. The summed E-state index contributed by atoms with van der Waals surface area (Å²) in [6, 6.07) is 9.36. The lowest BCUT2D eigenvalue weighted by atomic mass is 9.88. The fourth-order valence-electron chi connectivity index (χ4n) is 2.09. The molecule has 0 aromatic heterocycles. The van der Waals surface area contributed by atoms with Crippen LogP contribution in [-0.2, 0) is 5.60 Å². The standard InChI is InChI=1S/C16H15Cl2FO2/c1-3-21-11-6-4-10(5-7-11)16(2,20)12-8-15(19)14(18)9-13(12)17/h4-9,20H,3H2,1-2H3. The van der Waals surface area contributed by atoms with Gasteiger partial charge < -0.3 is 9.84 Å². The van der Waals surface area contributed by atoms with Crippen molar-refractivity contribution in [2.45, 2.75) is 19.4 Å². The highest BCUT2D eigenvalue weighted by Crippen LogP contribution is 2.36. The molecule has 2 aromatic rings. The first-order valence-corrected chi connectivity index (χ1v) is 7.22.